The smallest absolute Gasteiger partial charge is 0.132 e. The molecule has 1 aromatic rings. The van der Waals surface area contributed by atoms with Crippen molar-refractivity contribution in [2.45, 2.75) is 52.4 Å². The van der Waals surface area contributed by atoms with Crippen LogP contribution >= 0.6 is 45.2 Å². The van der Waals surface area contributed by atoms with Gasteiger partial charge in [-0.05, 0) is 67.6 Å². The number of benzene rings is 1. The van der Waals surface area contributed by atoms with Crippen LogP contribution < -0.4 is 0 Å². The van der Waals surface area contributed by atoms with Gasteiger partial charge in [0, 0.05) is 9.13 Å². The summed E-state index contributed by atoms with van der Waals surface area (Å²) in [4.78, 5) is 0. The van der Waals surface area contributed by atoms with Crippen molar-refractivity contribution in [1.29, 1.82) is 0 Å². The molecule has 0 amide bonds. The van der Waals surface area contributed by atoms with E-state index < -0.39 is 0 Å². The second-order valence-corrected chi connectivity index (χ2v) is 8.76. The third kappa shape index (κ3) is 3.28. The summed E-state index contributed by atoms with van der Waals surface area (Å²) < 4.78 is 2.17. The molecule has 0 radical (unpaired) electrons. The molecule has 0 aliphatic heterocycles. The first-order valence-electron chi connectivity index (χ1n) is 5.68. The first-order chi connectivity index (χ1) is 7.46. The zero-order valence-electron chi connectivity index (χ0n) is 11.3. The molecule has 0 saturated carbocycles. The van der Waals surface area contributed by atoms with Gasteiger partial charge in [-0.15, -0.1) is 0 Å². The normalized spacial score (nSPS) is 12.9. The van der Waals surface area contributed by atoms with Gasteiger partial charge in [-0.25, -0.2) is 0 Å². The molecule has 0 spiro atoms. The maximum atomic E-state index is 10.4. The standard InChI is InChI=1S/C14H20I2O/c1-13(2,3)10-8(15)7-9(16)12(17)11(10)14(4,5)6/h7,17H,1-6H3. The van der Waals surface area contributed by atoms with E-state index in [0.717, 1.165) is 9.13 Å². The highest BCUT2D eigenvalue weighted by Gasteiger charge is 2.31. The van der Waals surface area contributed by atoms with Crippen molar-refractivity contribution in [3.8, 4) is 5.75 Å². The molecule has 96 valence electrons. The molecule has 1 nitrogen and oxygen atoms in total. The van der Waals surface area contributed by atoms with Gasteiger partial charge in [0.15, 0.2) is 0 Å². The highest BCUT2D eigenvalue weighted by Crippen LogP contribution is 2.43. The molecule has 0 aromatic heterocycles. The lowest BCUT2D eigenvalue weighted by Crippen LogP contribution is -2.24. The predicted octanol–water partition coefficient (Wildman–Crippen LogP) is 5.20. The number of hydrogen-bond donors (Lipinski definition) is 1. The average Bonchev–Trinajstić information content (AvgIpc) is 2.06. The van der Waals surface area contributed by atoms with Crippen molar-refractivity contribution in [1.82, 2.24) is 0 Å². The van der Waals surface area contributed by atoms with Crippen molar-refractivity contribution in [2.24, 2.45) is 0 Å². The summed E-state index contributed by atoms with van der Waals surface area (Å²) in [5.74, 6) is 0.448. The molecule has 0 bridgehead atoms. The van der Waals surface area contributed by atoms with Gasteiger partial charge in [-0.2, -0.15) is 0 Å². The SMILES string of the molecule is CC(C)(C)c1c(I)cc(I)c(O)c1C(C)(C)C. The summed E-state index contributed by atoms with van der Waals surface area (Å²) in [6, 6.07) is 2.06. The van der Waals surface area contributed by atoms with E-state index in [2.05, 4.69) is 92.8 Å². The molecule has 0 saturated heterocycles. The molecule has 0 heterocycles. The van der Waals surface area contributed by atoms with Crippen molar-refractivity contribution < 1.29 is 5.11 Å². The third-order valence-corrected chi connectivity index (χ3v) is 4.38. The van der Waals surface area contributed by atoms with Crippen LogP contribution in [0.2, 0.25) is 0 Å². The zero-order chi connectivity index (χ0) is 13.6. The van der Waals surface area contributed by atoms with E-state index >= 15 is 0 Å². The van der Waals surface area contributed by atoms with E-state index in [-0.39, 0.29) is 10.8 Å². The molecule has 0 aliphatic carbocycles. The lowest BCUT2D eigenvalue weighted by atomic mass is 9.75. The first-order valence-corrected chi connectivity index (χ1v) is 7.84. The lowest BCUT2D eigenvalue weighted by Gasteiger charge is -2.32. The van der Waals surface area contributed by atoms with Crippen molar-refractivity contribution >= 4 is 45.2 Å². The molecule has 1 aromatic carbocycles. The Balaban J connectivity index is 3.76. The van der Waals surface area contributed by atoms with Gasteiger partial charge in [-0.3, -0.25) is 0 Å². The largest absolute Gasteiger partial charge is 0.507 e. The predicted molar refractivity (Wildman–Crippen MR) is 90.9 cm³/mol. The van der Waals surface area contributed by atoms with Crippen molar-refractivity contribution in [2.75, 3.05) is 0 Å². The molecule has 0 atom stereocenters. The van der Waals surface area contributed by atoms with E-state index in [0.29, 0.717) is 5.75 Å². The Morgan fingerprint density at radius 1 is 0.824 bits per heavy atom. The number of phenolic OH excluding ortho intramolecular Hbond substituents is 1. The maximum absolute atomic E-state index is 10.4. The maximum Gasteiger partial charge on any atom is 0.132 e. The van der Waals surface area contributed by atoms with Gasteiger partial charge >= 0.3 is 0 Å². The fourth-order valence-electron chi connectivity index (χ4n) is 2.07. The van der Waals surface area contributed by atoms with Gasteiger partial charge in [0.05, 0.1) is 3.57 Å². The monoisotopic (exact) mass is 458 g/mol. The topological polar surface area (TPSA) is 20.2 Å². The number of rotatable bonds is 0. The summed E-state index contributed by atoms with van der Waals surface area (Å²) in [7, 11) is 0. The fraction of sp³-hybridized carbons (Fsp3) is 0.571. The summed E-state index contributed by atoms with van der Waals surface area (Å²) in [6.07, 6.45) is 0. The Morgan fingerprint density at radius 2 is 1.24 bits per heavy atom. The first kappa shape index (κ1) is 15.5. The molecule has 1 N–H and O–H groups in total. The van der Waals surface area contributed by atoms with Crippen molar-refractivity contribution in [3.63, 3.8) is 0 Å². The van der Waals surface area contributed by atoms with Gasteiger partial charge in [0.25, 0.3) is 0 Å². The number of hydrogen-bond acceptors (Lipinski definition) is 1. The van der Waals surface area contributed by atoms with Crippen LogP contribution in [0.3, 0.4) is 0 Å². The number of aromatic hydroxyl groups is 1. The summed E-state index contributed by atoms with van der Waals surface area (Å²) in [5, 5.41) is 10.4. The van der Waals surface area contributed by atoms with Gasteiger partial charge in [0.1, 0.15) is 5.75 Å². The van der Waals surface area contributed by atoms with Crippen LogP contribution in [0.5, 0.6) is 5.75 Å². The summed E-state index contributed by atoms with van der Waals surface area (Å²) >= 11 is 4.58. The molecule has 0 fully saturated rings. The van der Waals surface area contributed by atoms with Crippen molar-refractivity contribution in [3.05, 3.63) is 24.3 Å². The van der Waals surface area contributed by atoms with E-state index in [4.69, 9.17) is 0 Å². The van der Waals surface area contributed by atoms with Crippen LogP contribution in [-0.4, -0.2) is 5.11 Å². The Labute approximate surface area is 132 Å². The van der Waals surface area contributed by atoms with Crippen LogP contribution in [0.15, 0.2) is 6.07 Å². The zero-order valence-corrected chi connectivity index (χ0v) is 15.6. The van der Waals surface area contributed by atoms with Gasteiger partial charge in [0.2, 0.25) is 0 Å². The Hall–Kier alpha value is 0.480. The lowest BCUT2D eigenvalue weighted by molar-refractivity contribution is 0.431. The number of halogens is 2. The van der Waals surface area contributed by atoms with Gasteiger partial charge < -0.3 is 5.11 Å². The molecule has 17 heavy (non-hydrogen) atoms. The fourth-order valence-corrected chi connectivity index (χ4v) is 4.64. The second-order valence-electron chi connectivity index (χ2n) is 6.44. The minimum absolute atomic E-state index is 0.0426. The molecular weight excluding hydrogens is 438 g/mol. The van der Waals surface area contributed by atoms with E-state index in [1.165, 1.54) is 9.13 Å². The molecule has 1 rings (SSSR count). The highest BCUT2D eigenvalue weighted by atomic mass is 127. The molecule has 3 heteroatoms. The van der Waals surface area contributed by atoms with Crippen LogP contribution in [-0.2, 0) is 10.8 Å². The third-order valence-electron chi connectivity index (χ3n) is 2.71. The molecule has 0 unspecified atom stereocenters. The van der Waals surface area contributed by atoms with Crippen LogP contribution in [0.25, 0.3) is 0 Å². The average molecular weight is 458 g/mol. The summed E-state index contributed by atoms with van der Waals surface area (Å²) in [5.41, 5.74) is 2.35. The van der Waals surface area contributed by atoms with Crippen LogP contribution in [0.1, 0.15) is 52.7 Å². The van der Waals surface area contributed by atoms with Gasteiger partial charge in [-0.1, -0.05) is 41.5 Å². The number of phenols is 1. The van der Waals surface area contributed by atoms with E-state index in [1.807, 2.05) is 0 Å². The Kier molecular flexibility index (Phi) is 4.45. The quantitative estimate of drug-likeness (QED) is 0.531. The van der Waals surface area contributed by atoms with E-state index in [1.54, 1.807) is 0 Å². The minimum Gasteiger partial charge on any atom is -0.507 e. The Bertz CT molecular complexity index is 437. The molecular formula is C14H20I2O. The van der Waals surface area contributed by atoms with Crippen LogP contribution in [0.4, 0.5) is 0 Å². The Morgan fingerprint density at radius 3 is 1.59 bits per heavy atom. The molecule has 0 aliphatic rings. The minimum atomic E-state index is -0.0478. The van der Waals surface area contributed by atoms with Crippen LogP contribution in [0, 0.1) is 7.14 Å². The summed E-state index contributed by atoms with van der Waals surface area (Å²) in [6.45, 7) is 13.1. The highest BCUT2D eigenvalue weighted by molar-refractivity contribution is 14.1. The van der Waals surface area contributed by atoms with E-state index in [9.17, 15) is 5.11 Å². The second kappa shape index (κ2) is 4.87.